The second kappa shape index (κ2) is 10.5. The monoisotopic (exact) mass is 608 g/mol. The van der Waals surface area contributed by atoms with Crippen LogP contribution in [0.2, 0.25) is 0 Å². The Bertz CT molecular complexity index is 2290. The summed E-state index contributed by atoms with van der Waals surface area (Å²) in [4.78, 5) is 0. The summed E-state index contributed by atoms with van der Waals surface area (Å²) in [6.45, 7) is 0. The molecule has 0 fully saturated rings. The van der Waals surface area contributed by atoms with Crippen LogP contribution in [0.4, 0.5) is 13.2 Å². The van der Waals surface area contributed by atoms with Crippen LogP contribution in [-0.2, 0) is 11.8 Å². The highest BCUT2D eigenvalue weighted by molar-refractivity contribution is 6.27. The zero-order chi connectivity index (χ0) is 31.5. The van der Waals surface area contributed by atoms with E-state index >= 15 is 0 Å². The van der Waals surface area contributed by atoms with E-state index < -0.39 is 17.3 Å². The molecule has 0 aromatic heterocycles. The maximum atomic E-state index is 14.8. The van der Waals surface area contributed by atoms with Gasteiger partial charge >= 0.3 is 6.18 Å². The van der Waals surface area contributed by atoms with Crippen LogP contribution < -0.4 is 9.47 Å². The lowest BCUT2D eigenvalue weighted by Gasteiger charge is -2.37. The van der Waals surface area contributed by atoms with Crippen LogP contribution in [0, 0.1) is 0 Å². The molecule has 0 saturated carbocycles. The highest BCUT2D eigenvalue weighted by atomic mass is 19.4. The van der Waals surface area contributed by atoms with Crippen LogP contribution in [0.15, 0.2) is 140 Å². The van der Waals surface area contributed by atoms with Crippen LogP contribution in [0.25, 0.3) is 49.5 Å². The van der Waals surface area contributed by atoms with E-state index in [0.29, 0.717) is 16.5 Å². The van der Waals surface area contributed by atoms with Crippen molar-refractivity contribution in [2.24, 2.45) is 0 Å². The van der Waals surface area contributed by atoms with Crippen molar-refractivity contribution in [3.8, 4) is 22.6 Å². The minimum absolute atomic E-state index is 0.0190. The van der Waals surface area contributed by atoms with Crippen LogP contribution in [0.1, 0.15) is 22.3 Å². The molecule has 1 atom stereocenters. The average molecular weight is 609 g/mol. The van der Waals surface area contributed by atoms with E-state index in [4.69, 9.17) is 9.47 Å². The number of methoxy groups -OCH3 is 1. The quantitative estimate of drug-likeness (QED) is 0.185. The summed E-state index contributed by atoms with van der Waals surface area (Å²) >= 11 is 0. The summed E-state index contributed by atoms with van der Waals surface area (Å²) in [5.41, 5.74) is 1.71. The lowest BCUT2D eigenvalue weighted by molar-refractivity contribution is -0.137. The molecule has 2 nitrogen and oxygen atoms in total. The van der Waals surface area contributed by atoms with Crippen molar-refractivity contribution >= 4 is 38.4 Å². The third kappa shape index (κ3) is 4.34. The summed E-state index contributed by atoms with van der Waals surface area (Å²) in [6, 6.07) is 42.3. The van der Waals surface area contributed by atoms with E-state index in [-0.39, 0.29) is 11.3 Å². The molecule has 0 radical (unpaired) electrons. The van der Waals surface area contributed by atoms with Crippen LogP contribution in [-0.4, -0.2) is 7.11 Å². The smallest absolute Gasteiger partial charge is 0.417 e. The molecule has 0 amide bonds. The van der Waals surface area contributed by atoms with Gasteiger partial charge in [0.15, 0.2) is 5.60 Å². The SMILES string of the molecule is COc1ccc(C2(c3ccc(-c4ccccc4)cc3)C=Cc3c(C(F)(F)F)cc4c5ccccc5c5ccccc5c4c3O2)cc1. The van der Waals surface area contributed by atoms with Crippen molar-refractivity contribution in [1.29, 1.82) is 0 Å². The van der Waals surface area contributed by atoms with Crippen LogP contribution >= 0.6 is 0 Å². The van der Waals surface area contributed by atoms with E-state index in [2.05, 4.69) is 0 Å². The van der Waals surface area contributed by atoms with Crippen LogP contribution in [0.5, 0.6) is 11.5 Å². The topological polar surface area (TPSA) is 18.5 Å². The minimum Gasteiger partial charge on any atom is -0.497 e. The first kappa shape index (κ1) is 28.0. The predicted octanol–water partition coefficient (Wildman–Crippen LogP) is 11.2. The highest BCUT2D eigenvalue weighted by Crippen LogP contribution is 2.52. The summed E-state index contributed by atoms with van der Waals surface area (Å²) < 4.78 is 57.0. The zero-order valence-electron chi connectivity index (χ0n) is 24.8. The van der Waals surface area contributed by atoms with E-state index in [9.17, 15) is 13.2 Å². The molecule has 0 spiro atoms. The van der Waals surface area contributed by atoms with Gasteiger partial charge in [-0.2, -0.15) is 13.2 Å². The third-order valence-electron chi connectivity index (χ3n) is 9.02. The summed E-state index contributed by atoms with van der Waals surface area (Å²) in [6.07, 6.45) is -1.27. The summed E-state index contributed by atoms with van der Waals surface area (Å²) in [5, 5.41) is 4.57. The van der Waals surface area contributed by atoms with Gasteiger partial charge in [-0.05, 0) is 68.4 Å². The van der Waals surface area contributed by atoms with E-state index in [0.717, 1.165) is 43.8 Å². The lowest BCUT2D eigenvalue weighted by atomic mass is 9.81. The molecule has 1 unspecified atom stereocenters. The molecule has 1 heterocycles. The van der Waals surface area contributed by atoms with Crippen molar-refractivity contribution < 1.29 is 22.6 Å². The fourth-order valence-corrected chi connectivity index (χ4v) is 6.80. The molecule has 224 valence electrons. The predicted molar refractivity (Wildman–Crippen MR) is 179 cm³/mol. The van der Waals surface area contributed by atoms with Gasteiger partial charge in [-0.3, -0.25) is 0 Å². The van der Waals surface area contributed by atoms with Crippen molar-refractivity contribution in [2.75, 3.05) is 7.11 Å². The van der Waals surface area contributed by atoms with Gasteiger partial charge in [0.2, 0.25) is 0 Å². The second-order valence-corrected chi connectivity index (χ2v) is 11.5. The molecule has 0 bridgehead atoms. The number of alkyl halides is 3. The van der Waals surface area contributed by atoms with Gasteiger partial charge in [0, 0.05) is 22.1 Å². The Morgan fingerprint density at radius 2 is 1.11 bits per heavy atom. The Morgan fingerprint density at radius 1 is 0.587 bits per heavy atom. The first-order valence-electron chi connectivity index (χ1n) is 15.0. The van der Waals surface area contributed by atoms with Crippen LogP contribution in [0.3, 0.4) is 0 Å². The molecule has 5 heteroatoms. The number of rotatable bonds is 4. The van der Waals surface area contributed by atoms with Crippen molar-refractivity contribution in [3.05, 3.63) is 162 Å². The number of benzene rings is 7. The molecular weight excluding hydrogens is 581 g/mol. The normalized spacial score (nSPS) is 16.0. The zero-order valence-corrected chi connectivity index (χ0v) is 24.8. The first-order valence-corrected chi connectivity index (χ1v) is 15.0. The van der Waals surface area contributed by atoms with Crippen molar-refractivity contribution in [2.45, 2.75) is 11.8 Å². The molecule has 1 aliphatic heterocycles. The fourth-order valence-electron chi connectivity index (χ4n) is 6.80. The first-order chi connectivity index (χ1) is 22.4. The number of hydrogen-bond donors (Lipinski definition) is 0. The Balaban J connectivity index is 1.44. The number of hydrogen-bond acceptors (Lipinski definition) is 2. The van der Waals surface area contributed by atoms with Gasteiger partial charge in [0.25, 0.3) is 0 Å². The summed E-state index contributed by atoms with van der Waals surface area (Å²) in [7, 11) is 1.60. The highest BCUT2D eigenvalue weighted by Gasteiger charge is 2.42. The third-order valence-corrected chi connectivity index (χ3v) is 9.02. The maximum absolute atomic E-state index is 14.8. The van der Waals surface area contributed by atoms with Gasteiger partial charge < -0.3 is 9.47 Å². The Labute approximate surface area is 264 Å². The van der Waals surface area contributed by atoms with Gasteiger partial charge in [-0.15, -0.1) is 0 Å². The fraction of sp³-hybridized carbons (Fsp3) is 0.0732. The molecule has 0 saturated heterocycles. The van der Waals surface area contributed by atoms with Gasteiger partial charge in [-0.25, -0.2) is 0 Å². The van der Waals surface area contributed by atoms with Gasteiger partial charge in [-0.1, -0.05) is 115 Å². The van der Waals surface area contributed by atoms with E-state index in [1.807, 2.05) is 127 Å². The Hall–Kier alpha value is -5.55. The summed E-state index contributed by atoms with van der Waals surface area (Å²) in [5.74, 6) is 0.873. The molecule has 7 aromatic carbocycles. The number of ether oxygens (including phenoxy) is 2. The largest absolute Gasteiger partial charge is 0.497 e. The molecule has 7 aromatic rings. The number of halogens is 3. The average Bonchev–Trinajstić information content (AvgIpc) is 3.11. The maximum Gasteiger partial charge on any atom is 0.417 e. The molecule has 46 heavy (non-hydrogen) atoms. The Morgan fingerprint density at radius 3 is 1.72 bits per heavy atom. The van der Waals surface area contributed by atoms with Gasteiger partial charge in [0.1, 0.15) is 11.5 Å². The molecule has 8 rings (SSSR count). The Kier molecular flexibility index (Phi) is 6.40. The molecule has 1 aliphatic rings. The van der Waals surface area contributed by atoms with E-state index in [1.54, 1.807) is 19.3 Å². The van der Waals surface area contributed by atoms with E-state index in [1.165, 1.54) is 6.07 Å². The molecular formula is C41H27F3O2. The molecule has 0 N–H and O–H groups in total. The van der Waals surface area contributed by atoms with Crippen molar-refractivity contribution in [1.82, 2.24) is 0 Å². The molecule has 0 aliphatic carbocycles. The lowest BCUT2D eigenvalue weighted by Crippen LogP contribution is -2.35. The number of fused-ring (bicyclic) bond motifs is 8. The van der Waals surface area contributed by atoms with Crippen molar-refractivity contribution in [3.63, 3.8) is 0 Å². The van der Waals surface area contributed by atoms with Gasteiger partial charge in [0.05, 0.1) is 12.7 Å². The minimum atomic E-state index is -4.60. The standard InChI is InChI=1S/C41H27F3O2/c1-45-30-21-19-29(20-22-30)40(28-17-15-27(16-18-28)26-9-3-2-4-10-26)24-23-35-37(41(42,43)44)25-36-33-13-6-5-11-31(33)32-12-7-8-14-34(32)38(36)39(35)46-40/h2-25H,1H3. The second-order valence-electron chi connectivity index (χ2n) is 11.5.